The Kier molecular flexibility index (Phi) is 5.19. The molecule has 4 rings (SSSR count). The Bertz CT molecular complexity index is 873. The molecule has 1 fully saturated rings. The highest BCUT2D eigenvalue weighted by molar-refractivity contribution is 5.56. The lowest BCUT2D eigenvalue weighted by Crippen LogP contribution is -2.57. The molecule has 146 valence electrons. The molecule has 4 atom stereocenters. The Morgan fingerprint density at radius 1 is 1.18 bits per heavy atom. The van der Waals surface area contributed by atoms with Crippen molar-refractivity contribution >= 4 is 6.29 Å². The van der Waals surface area contributed by atoms with Crippen molar-refractivity contribution in [1.29, 1.82) is 0 Å². The standard InChI is InChI=1S/C21H21FN2O4/c22-16-7-5-15(6-8-16)21-18-4-2-1-3-14(18)9-10-23(21)19-11-17(12-25)28-13-20(19)24(26)27/h1-8,12,17,19-21H,9-11,13H2/t17-,19?,20-,21-/m0/s1. The van der Waals surface area contributed by atoms with Crippen LogP contribution in [0.1, 0.15) is 29.2 Å². The predicted molar refractivity (Wildman–Crippen MR) is 100 cm³/mol. The average molecular weight is 384 g/mol. The summed E-state index contributed by atoms with van der Waals surface area (Å²) in [5.74, 6) is -0.324. The molecule has 1 unspecified atom stereocenters. The molecule has 7 heteroatoms. The lowest BCUT2D eigenvalue weighted by molar-refractivity contribution is -0.540. The minimum atomic E-state index is -0.913. The Morgan fingerprint density at radius 3 is 2.64 bits per heavy atom. The molecule has 1 saturated heterocycles. The highest BCUT2D eigenvalue weighted by Crippen LogP contribution is 2.39. The Labute approximate surface area is 162 Å². The molecule has 0 saturated carbocycles. The zero-order valence-electron chi connectivity index (χ0n) is 15.2. The van der Waals surface area contributed by atoms with E-state index in [1.807, 2.05) is 18.2 Å². The molecular formula is C21H21FN2O4. The van der Waals surface area contributed by atoms with Gasteiger partial charge >= 0.3 is 0 Å². The molecule has 0 N–H and O–H groups in total. The number of nitro groups is 1. The summed E-state index contributed by atoms with van der Waals surface area (Å²) in [4.78, 5) is 24.8. The first kappa shape index (κ1) is 18.7. The summed E-state index contributed by atoms with van der Waals surface area (Å²) in [6.07, 6.45) is 1.11. The second-order valence-corrected chi connectivity index (χ2v) is 7.30. The minimum Gasteiger partial charge on any atom is -0.363 e. The van der Waals surface area contributed by atoms with Gasteiger partial charge < -0.3 is 9.53 Å². The predicted octanol–water partition coefficient (Wildman–Crippen LogP) is 2.77. The van der Waals surface area contributed by atoms with E-state index in [0.29, 0.717) is 12.8 Å². The highest BCUT2D eigenvalue weighted by Gasteiger charge is 2.46. The Hall–Kier alpha value is -2.64. The van der Waals surface area contributed by atoms with Crippen molar-refractivity contribution < 1.29 is 18.8 Å². The van der Waals surface area contributed by atoms with Gasteiger partial charge in [-0.15, -0.1) is 0 Å². The molecule has 2 aromatic carbocycles. The number of hydrogen-bond acceptors (Lipinski definition) is 5. The number of aldehydes is 1. The molecule has 2 aromatic rings. The topological polar surface area (TPSA) is 72.7 Å². The van der Waals surface area contributed by atoms with Gasteiger partial charge in [-0.2, -0.15) is 0 Å². The molecule has 0 spiro atoms. The van der Waals surface area contributed by atoms with Gasteiger partial charge in [0, 0.05) is 17.9 Å². The normalized spacial score (nSPS) is 27.8. The monoisotopic (exact) mass is 384 g/mol. The number of fused-ring (bicyclic) bond motifs is 1. The summed E-state index contributed by atoms with van der Waals surface area (Å²) in [5, 5.41) is 11.7. The van der Waals surface area contributed by atoms with Crippen molar-refractivity contribution in [3.63, 3.8) is 0 Å². The van der Waals surface area contributed by atoms with E-state index in [4.69, 9.17) is 4.74 Å². The largest absolute Gasteiger partial charge is 0.363 e. The van der Waals surface area contributed by atoms with E-state index < -0.39 is 18.2 Å². The van der Waals surface area contributed by atoms with E-state index in [1.54, 1.807) is 12.1 Å². The van der Waals surface area contributed by atoms with Crippen molar-refractivity contribution in [3.05, 3.63) is 81.2 Å². The van der Waals surface area contributed by atoms with Gasteiger partial charge in [0.05, 0.1) is 12.1 Å². The van der Waals surface area contributed by atoms with Crippen LogP contribution in [0.2, 0.25) is 0 Å². The van der Waals surface area contributed by atoms with Gasteiger partial charge in [-0.3, -0.25) is 15.0 Å². The van der Waals surface area contributed by atoms with Gasteiger partial charge in [0.15, 0.2) is 0 Å². The van der Waals surface area contributed by atoms with Crippen LogP contribution in [0.5, 0.6) is 0 Å². The van der Waals surface area contributed by atoms with E-state index in [2.05, 4.69) is 11.0 Å². The van der Waals surface area contributed by atoms with Crippen LogP contribution >= 0.6 is 0 Å². The summed E-state index contributed by atoms with van der Waals surface area (Å²) in [6, 6.07) is 12.7. The second-order valence-electron chi connectivity index (χ2n) is 7.30. The minimum absolute atomic E-state index is 0.0879. The van der Waals surface area contributed by atoms with Crippen LogP contribution in [0.3, 0.4) is 0 Å². The van der Waals surface area contributed by atoms with E-state index in [9.17, 15) is 19.3 Å². The maximum Gasteiger partial charge on any atom is 0.251 e. The Morgan fingerprint density at radius 2 is 1.93 bits per heavy atom. The third-order valence-corrected chi connectivity index (χ3v) is 5.75. The first-order chi connectivity index (χ1) is 13.6. The Balaban J connectivity index is 1.78. The van der Waals surface area contributed by atoms with E-state index in [-0.39, 0.29) is 29.8 Å². The first-order valence-corrected chi connectivity index (χ1v) is 9.38. The summed E-state index contributed by atoms with van der Waals surface area (Å²) < 4.78 is 18.9. The third-order valence-electron chi connectivity index (χ3n) is 5.75. The van der Waals surface area contributed by atoms with Gasteiger partial charge in [-0.05, 0) is 35.2 Å². The number of carbonyl (C=O) groups is 1. The van der Waals surface area contributed by atoms with Crippen molar-refractivity contribution in [1.82, 2.24) is 4.90 Å². The molecule has 0 aliphatic carbocycles. The second kappa shape index (κ2) is 7.77. The molecule has 0 radical (unpaired) electrons. The van der Waals surface area contributed by atoms with Crippen LogP contribution in [-0.4, -0.2) is 47.4 Å². The molecule has 2 aliphatic heterocycles. The smallest absolute Gasteiger partial charge is 0.251 e. The van der Waals surface area contributed by atoms with Gasteiger partial charge in [-0.1, -0.05) is 36.4 Å². The van der Waals surface area contributed by atoms with Crippen molar-refractivity contribution in [2.75, 3.05) is 13.2 Å². The summed E-state index contributed by atoms with van der Waals surface area (Å²) >= 11 is 0. The number of benzene rings is 2. The van der Waals surface area contributed by atoms with Crippen LogP contribution in [0.15, 0.2) is 48.5 Å². The van der Waals surface area contributed by atoms with E-state index >= 15 is 0 Å². The van der Waals surface area contributed by atoms with Crippen LogP contribution in [0.4, 0.5) is 4.39 Å². The van der Waals surface area contributed by atoms with Crippen LogP contribution < -0.4 is 0 Å². The number of carbonyl (C=O) groups excluding carboxylic acids is 1. The summed E-state index contributed by atoms with van der Waals surface area (Å²) in [5.41, 5.74) is 3.13. The first-order valence-electron chi connectivity index (χ1n) is 9.38. The van der Waals surface area contributed by atoms with Crippen molar-refractivity contribution in [3.8, 4) is 0 Å². The summed E-state index contributed by atoms with van der Waals surface area (Å²) in [6.45, 7) is 0.537. The molecule has 2 aliphatic rings. The molecule has 0 aromatic heterocycles. The molecule has 0 bridgehead atoms. The molecule has 28 heavy (non-hydrogen) atoms. The van der Waals surface area contributed by atoms with Crippen molar-refractivity contribution in [2.45, 2.75) is 37.1 Å². The number of hydrogen-bond donors (Lipinski definition) is 0. The number of ether oxygens (including phenoxy) is 1. The third kappa shape index (κ3) is 3.43. The molecule has 6 nitrogen and oxygen atoms in total. The van der Waals surface area contributed by atoms with Crippen molar-refractivity contribution in [2.24, 2.45) is 0 Å². The quantitative estimate of drug-likeness (QED) is 0.460. The zero-order valence-corrected chi connectivity index (χ0v) is 15.2. The maximum absolute atomic E-state index is 13.5. The van der Waals surface area contributed by atoms with E-state index in [1.165, 1.54) is 17.7 Å². The van der Waals surface area contributed by atoms with Crippen LogP contribution in [-0.2, 0) is 16.0 Å². The SMILES string of the molecule is O=C[C@@H]1CC(N2CCc3ccccc3[C@@H]2c2ccc(F)cc2)[C@@H]([N+](=O)[O-])CO1. The fourth-order valence-electron chi connectivity index (χ4n) is 4.41. The average Bonchev–Trinajstić information content (AvgIpc) is 2.73. The van der Waals surface area contributed by atoms with Gasteiger partial charge in [-0.25, -0.2) is 4.39 Å². The van der Waals surface area contributed by atoms with Gasteiger partial charge in [0.1, 0.15) is 24.8 Å². The van der Waals surface area contributed by atoms with Gasteiger partial charge in [0.25, 0.3) is 6.04 Å². The lowest BCUT2D eigenvalue weighted by atomic mass is 9.84. The maximum atomic E-state index is 13.5. The fourth-order valence-corrected chi connectivity index (χ4v) is 4.41. The number of rotatable bonds is 4. The zero-order chi connectivity index (χ0) is 19.7. The number of halogens is 1. The highest BCUT2D eigenvalue weighted by atomic mass is 19.1. The molecule has 2 heterocycles. The summed E-state index contributed by atoms with van der Waals surface area (Å²) in [7, 11) is 0. The van der Waals surface area contributed by atoms with Gasteiger partial charge in [0.2, 0.25) is 0 Å². The lowest BCUT2D eigenvalue weighted by Gasteiger charge is -2.45. The van der Waals surface area contributed by atoms with E-state index in [0.717, 1.165) is 17.5 Å². The van der Waals surface area contributed by atoms with Crippen LogP contribution in [0, 0.1) is 15.9 Å². The van der Waals surface area contributed by atoms with Crippen LogP contribution in [0.25, 0.3) is 0 Å². The molecular weight excluding hydrogens is 363 g/mol. The number of nitrogens with zero attached hydrogens (tertiary/aromatic N) is 2. The fraction of sp³-hybridized carbons (Fsp3) is 0.381. The molecule has 0 amide bonds.